The van der Waals surface area contributed by atoms with E-state index in [0.717, 1.165) is 29.7 Å². The Morgan fingerprint density at radius 3 is 2.89 bits per heavy atom. The first-order valence-corrected chi connectivity index (χ1v) is 6.48. The van der Waals surface area contributed by atoms with Crippen molar-refractivity contribution in [2.45, 2.75) is 18.9 Å². The number of nitrogens with one attached hydrogen (secondary N) is 2. The average molecular weight is 253 g/mol. The Morgan fingerprint density at radius 1 is 1.26 bits per heavy atom. The first kappa shape index (κ1) is 11.9. The largest absolute Gasteiger partial charge is 0.366 e. The molecule has 2 N–H and O–H groups in total. The smallest absolute Gasteiger partial charge is 0.141 e. The monoisotopic (exact) mass is 253 g/mol. The quantitative estimate of drug-likeness (QED) is 0.851. The molecule has 1 saturated heterocycles. The molecule has 2 aromatic heterocycles. The number of pyridine rings is 2. The minimum atomic E-state index is 0.423. The molecule has 1 atom stereocenters. The fourth-order valence-electron chi connectivity index (χ4n) is 2.36. The maximum atomic E-state index is 8.82. The summed E-state index contributed by atoms with van der Waals surface area (Å²) in [5.74, 6) is 0.868. The summed E-state index contributed by atoms with van der Waals surface area (Å²) in [5, 5.41) is 17.6. The van der Waals surface area contributed by atoms with Crippen LogP contribution >= 0.6 is 0 Å². The molecule has 3 heterocycles. The van der Waals surface area contributed by atoms with Gasteiger partial charge in [0, 0.05) is 35.8 Å². The van der Waals surface area contributed by atoms with E-state index in [4.69, 9.17) is 5.26 Å². The zero-order valence-corrected chi connectivity index (χ0v) is 10.6. The molecule has 0 bridgehead atoms. The topological polar surface area (TPSA) is 73.6 Å². The molecule has 0 saturated carbocycles. The van der Waals surface area contributed by atoms with Gasteiger partial charge in [0.1, 0.15) is 17.6 Å². The molecule has 0 spiro atoms. The van der Waals surface area contributed by atoms with Gasteiger partial charge >= 0.3 is 0 Å². The van der Waals surface area contributed by atoms with Crippen LogP contribution in [-0.4, -0.2) is 29.1 Å². The van der Waals surface area contributed by atoms with Gasteiger partial charge < -0.3 is 10.6 Å². The second kappa shape index (κ2) is 5.21. The van der Waals surface area contributed by atoms with E-state index >= 15 is 0 Å². The van der Waals surface area contributed by atoms with E-state index in [1.165, 1.54) is 12.8 Å². The van der Waals surface area contributed by atoms with Crippen LogP contribution in [0.25, 0.3) is 10.8 Å². The minimum absolute atomic E-state index is 0.423. The van der Waals surface area contributed by atoms with Gasteiger partial charge in [-0.1, -0.05) is 0 Å². The lowest BCUT2D eigenvalue weighted by atomic mass is 10.1. The van der Waals surface area contributed by atoms with Crippen LogP contribution in [0.3, 0.4) is 0 Å². The molecule has 19 heavy (non-hydrogen) atoms. The number of hydrogen-bond donors (Lipinski definition) is 2. The lowest BCUT2D eigenvalue weighted by Crippen LogP contribution is -2.38. The van der Waals surface area contributed by atoms with Crippen LogP contribution in [0.4, 0.5) is 5.82 Å². The second-order valence-electron chi connectivity index (χ2n) is 4.79. The van der Waals surface area contributed by atoms with Crippen molar-refractivity contribution in [2.24, 2.45) is 0 Å². The SMILES string of the molecule is N#Cc1cc2cnc(N[C@H]3CCCNC3)cc2cn1. The molecule has 0 radical (unpaired) electrons. The van der Waals surface area contributed by atoms with Crippen LogP contribution in [-0.2, 0) is 0 Å². The van der Waals surface area contributed by atoms with E-state index < -0.39 is 0 Å². The van der Waals surface area contributed by atoms with Gasteiger partial charge in [-0.05, 0) is 31.5 Å². The summed E-state index contributed by atoms with van der Waals surface area (Å²) >= 11 is 0. The molecule has 5 heteroatoms. The highest BCUT2D eigenvalue weighted by molar-refractivity contribution is 5.83. The summed E-state index contributed by atoms with van der Waals surface area (Å²) in [6.45, 7) is 2.08. The molecule has 0 amide bonds. The maximum Gasteiger partial charge on any atom is 0.141 e. The van der Waals surface area contributed by atoms with Crippen molar-refractivity contribution >= 4 is 16.6 Å². The highest BCUT2D eigenvalue weighted by Gasteiger charge is 2.13. The Balaban J connectivity index is 1.83. The van der Waals surface area contributed by atoms with Crippen molar-refractivity contribution in [3.63, 3.8) is 0 Å². The Hall–Kier alpha value is -2.19. The number of anilines is 1. The van der Waals surface area contributed by atoms with E-state index in [0.29, 0.717) is 11.7 Å². The number of fused-ring (bicyclic) bond motifs is 1. The summed E-state index contributed by atoms with van der Waals surface area (Å²) in [6, 6.07) is 6.21. The number of rotatable bonds is 2. The number of piperidine rings is 1. The minimum Gasteiger partial charge on any atom is -0.366 e. The number of nitriles is 1. The Kier molecular flexibility index (Phi) is 3.25. The molecule has 0 aromatic carbocycles. The first-order chi connectivity index (χ1) is 9.35. The van der Waals surface area contributed by atoms with Crippen molar-refractivity contribution in [2.75, 3.05) is 18.4 Å². The molecule has 1 aliphatic rings. The Bertz CT molecular complexity index is 625. The van der Waals surface area contributed by atoms with Gasteiger partial charge in [0.25, 0.3) is 0 Å². The van der Waals surface area contributed by atoms with Crippen molar-refractivity contribution in [1.29, 1.82) is 5.26 Å². The van der Waals surface area contributed by atoms with Gasteiger partial charge in [-0.2, -0.15) is 5.26 Å². The molecule has 0 aliphatic carbocycles. The summed E-state index contributed by atoms with van der Waals surface area (Å²) in [4.78, 5) is 8.48. The van der Waals surface area contributed by atoms with Gasteiger partial charge in [-0.15, -0.1) is 0 Å². The molecule has 5 nitrogen and oxygen atoms in total. The van der Waals surface area contributed by atoms with E-state index in [1.54, 1.807) is 18.5 Å². The van der Waals surface area contributed by atoms with E-state index in [9.17, 15) is 0 Å². The predicted octanol–water partition coefficient (Wildman–Crippen LogP) is 1.67. The normalized spacial score (nSPS) is 19.0. The summed E-state index contributed by atoms with van der Waals surface area (Å²) < 4.78 is 0. The van der Waals surface area contributed by atoms with Crippen LogP contribution in [0.15, 0.2) is 24.5 Å². The van der Waals surface area contributed by atoms with E-state index in [1.807, 2.05) is 12.1 Å². The first-order valence-electron chi connectivity index (χ1n) is 6.48. The Labute approximate surface area is 111 Å². The van der Waals surface area contributed by atoms with Crippen molar-refractivity contribution in [3.05, 3.63) is 30.2 Å². The summed E-state index contributed by atoms with van der Waals surface area (Å²) in [7, 11) is 0. The Morgan fingerprint density at radius 2 is 2.11 bits per heavy atom. The lowest BCUT2D eigenvalue weighted by molar-refractivity contribution is 0.479. The van der Waals surface area contributed by atoms with E-state index in [-0.39, 0.29) is 0 Å². The van der Waals surface area contributed by atoms with Crippen LogP contribution in [0.5, 0.6) is 0 Å². The van der Waals surface area contributed by atoms with Gasteiger partial charge in [-0.25, -0.2) is 9.97 Å². The molecule has 0 unspecified atom stereocenters. The third-order valence-corrected chi connectivity index (χ3v) is 3.37. The molecule has 96 valence electrons. The third-order valence-electron chi connectivity index (χ3n) is 3.37. The highest BCUT2D eigenvalue weighted by atomic mass is 15.1. The van der Waals surface area contributed by atoms with Gasteiger partial charge in [0.15, 0.2) is 0 Å². The summed E-state index contributed by atoms with van der Waals surface area (Å²) in [6.07, 6.45) is 5.87. The molecule has 3 rings (SSSR count). The van der Waals surface area contributed by atoms with E-state index in [2.05, 4.69) is 20.6 Å². The molecular formula is C14H15N5. The van der Waals surface area contributed by atoms with Crippen molar-refractivity contribution in [3.8, 4) is 6.07 Å². The standard InChI is InChI=1S/C14H15N5/c15-6-13-4-10-8-18-14(5-11(10)7-17-13)19-12-2-1-3-16-9-12/h4-5,7-8,12,16H,1-3,9H2,(H,18,19)/t12-/m0/s1. The number of hydrogen-bond acceptors (Lipinski definition) is 5. The third kappa shape index (κ3) is 2.64. The van der Waals surface area contributed by atoms with Gasteiger partial charge in [0.2, 0.25) is 0 Å². The van der Waals surface area contributed by atoms with Crippen LogP contribution < -0.4 is 10.6 Å². The van der Waals surface area contributed by atoms with Crippen LogP contribution in [0.2, 0.25) is 0 Å². The van der Waals surface area contributed by atoms with Crippen molar-refractivity contribution in [1.82, 2.24) is 15.3 Å². The zero-order valence-electron chi connectivity index (χ0n) is 10.6. The molecule has 1 fully saturated rings. The number of nitrogens with zero attached hydrogens (tertiary/aromatic N) is 3. The lowest BCUT2D eigenvalue weighted by Gasteiger charge is -2.24. The predicted molar refractivity (Wildman–Crippen MR) is 73.8 cm³/mol. The fraction of sp³-hybridized carbons (Fsp3) is 0.357. The summed E-state index contributed by atoms with van der Waals surface area (Å²) in [5.41, 5.74) is 0.423. The molecule has 1 aliphatic heterocycles. The number of aromatic nitrogens is 2. The van der Waals surface area contributed by atoms with Crippen LogP contribution in [0.1, 0.15) is 18.5 Å². The highest BCUT2D eigenvalue weighted by Crippen LogP contribution is 2.18. The fourth-order valence-corrected chi connectivity index (χ4v) is 2.36. The average Bonchev–Trinajstić information content (AvgIpc) is 2.48. The zero-order chi connectivity index (χ0) is 13.1. The van der Waals surface area contributed by atoms with Gasteiger partial charge in [0.05, 0.1) is 0 Å². The second-order valence-corrected chi connectivity index (χ2v) is 4.79. The van der Waals surface area contributed by atoms with Crippen LogP contribution in [0, 0.1) is 11.3 Å². The van der Waals surface area contributed by atoms with Crippen molar-refractivity contribution < 1.29 is 0 Å². The maximum absolute atomic E-state index is 8.82. The molecule has 2 aromatic rings. The van der Waals surface area contributed by atoms with Gasteiger partial charge in [-0.3, -0.25) is 0 Å². The molecular weight excluding hydrogens is 238 g/mol.